The molecule has 24 heavy (non-hydrogen) atoms. The molecule has 0 radical (unpaired) electrons. The molecule has 1 amide bonds. The van der Waals surface area contributed by atoms with Gasteiger partial charge in [-0.15, -0.1) is 0 Å². The third kappa shape index (κ3) is 3.45. The number of pyridine rings is 1. The summed E-state index contributed by atoms with van der Waals surface area (Å²) in [6, 6.07) is 7.19. The second-order valence-electron chi connectivity index (χ2n) is 5.68. The zero-order chi connectivity index (χ0) is 17.1. The Balaban J connectivity index is 1.67. The lowest BCUT2D eigenvalue weighted by atomic mass is 10.2. The van der Waals surface area contributed by atoms with Gasteiger partial charge in [0.25, 0.3) is 5.91 Å². The van der Waals surface area contributed by atoms with E-state index in [4.69, 9.17) is 0 Å². The Morgan fingerprint density at radius 1 is 1.29 bits per heavy atom. The SMILES string of the molecule is CNC(=O)c1cc(NC2CCN(c3ccc(F)cc3F)C2)ccn1. The summed E-state index contributed by atoms with van der Waals surface area (Å²) in [6.07, 6.45) is 2.38. The van der Waals surface area contributed by atoms with Gasteiger partial charge < -0.3 is 15.5 Å². The minimum atomic E-state index is -0.580. The zero-order valence-electron chi connectivity index (χ0n) is 13.2. The normalized spacial score (nSPS) is 17.0. The zero-order valence-corrected chi connectivity index (χ0v) is 13.2. The smallest absolute Gasteiger partial charge is 0.269 e. The molecule has 126 valence electrons. The minimum Gasteiger partial charge on any atom is -0.380 e. The largest absolute Gasteiger partial charge is 0.380 e. The van der Waals surface area contributed by atoms with Gasteiger partial charge in [0, 0.05) is 44.1 Å². The summed E-state index contributed by atoms with van der Waals surface area (Å²) in [5.74, 6) is -1.38. The second kappa shape index (κ2) is 6.82. The fraction of sp³-hybridized carbons (Fsp3) is 0.294. The molecule has 1 aromatic heterocycles. The minimum absolute atomic E-state index is 0.106. The van der Waals surface area contributed by atoms with E-state index in [1.807, 2.05) is 4.90 Å². The number of rotatable bonds is 4. The van der Waals surface area contributed by atoms with Crippen LogP contribution in [0, 0.1) is 11.6 Å². The van der Waals surface area contributed by atoms with E-state index in [2.05, 4.69) is 15.6 Å². The highest BCUT2D eigenvalue weighted by Crippen LogP contribution is 2.25. The van der Waals surface area contributed by atoms with Gasteiger partial charge in [0.05, 0.1) is 5.69 Å². The van der Waals surface area contributed by atoms with Gasteiger partial charge in [-0.05, 0) is 30.7 Å². The monoisotopic (exact) mass is 332 g/mol. The van der Waals surface area contributed by atoms with E-state index in [1.165, 1.54) is 12.1 Å². The molecular formula is C17H18F2N4O. The van der Waals surface area contributed by atoms with Crippen molar-refractivity contribution in [3.05, 3.63) is 53.9 Å². The van der Waals surface area contributed by atoms with Crippen LogP contribution < -0.4 is 15.5 Å². The molecule has 1 saturated heterocycles. The molecule has 1 atom stereocenters. The van der Waals surface area contributed by atoms with Crippen LogP contribution in [0.5, 0.6) is 0 Å². The molecule has 1 aromatic carbocycles. The maximum atomic E-state index is 13.9. The highest BCUT2D eigenvalue weighted by atomic mass is 19.1. The predicted octanol–water partition coefficient (Wildman–Crippen LogP) is 2.41. The van der Waals surface area contributed by atoms with Crippen LogP contribution in [-0.2, 0) is 0 Å². The fourth-order valence-corrected chi connectivity index (χ4v) is 2.84. The molecular weight excluding hydrogens is 314 g/mol. The van der Waals surface area contributed by atoms with Crippen LogP contribution >= 0.6 is 0 Å². The van der Waals surface area contributed by atoms with Crippen molar-refractivity contribution in [1.82, 2.24) is 10.3 Å². The van der Waals surface area contributed by atoms with E-state index in [-0.39, 0.29) is 11.9 Å². The number of nitrogens with zero attached hydrogens (tertiary/aromatic N) is 2. The molecule has 2 aromatic rings. The summed E-state index contributed by atoms with van der Waals surface area (Å²) in [5, 5.41) is 5.86. The van der Waals surface area contributed by atoms with Crippen molar-refractivity contribution in [2.75, 3.05) is 30.4 Å². The number of amides is 1. The van der Waals surface area contributed by atoms with Gasteiger partial charge >= 0.3 is 0 Å². The third-order valence-electron chi connectivity index (χ3n) is 4.03. The average Bonchev–Trinajstić information content (AvgIpc) is 3.02. The Morgan fingerprint density at radius 2 is 2.12 bits per heavy atom. The Bertz CT molecular complexity index is 753. The van der Waals surface area contributed by atoms with Crippen LogP contribution in [0.4, 0.5) is 20.2 Å². The highest BCUT2D eigenvalue weighted by molar-refractivity contribution is 5.92. The standard InChI is InChI=1S/C17H18F2N4O/c1-20-17(24)15-9-12(4-6-21-15)22-13-5-7-23(10-13)16-3-2-11(18)8-14(16)19/h2-4,6,8-9,13H,5,7,10H2,1H3,(H,20,24)(H,21,22). The molecule has 1 fully saturated rings. The molecule has 0 spiro atoms. The fourth-order valence-electron chi connectivity index (χ4n) is 2.84. The van der Waals surface area contributed by atoms with Crippen molar-refractivity contribution < 1.29 is 13.6 Å². The van der Waals surface area contributed by atoms with Crippen molar-refractivity contribution in [2.24, 2.45) is 0 Å². The molecule has 2 N–H and O–H groups in total. The van der Waals surface area contributed by atoms with Crippen LogP contribution in [0.3, 0.4) is 0 Å². The Kier molecular flexibility index (Phi) is 4.59. The quantitative estimate of drug-likeness (QED) is 0.903. The molecule has 1 unspecified atom stereocenters. The first kappa shape index (κ1) is 16.2. The molecule has 7 heteroatoms. The number of hydrogen-bond acceptors (Lipinski definition) is 4. The molecule has 1 aliphatic rings. The van der Waals surface area contributed by atoms with Gasteiger partial charge in [-0.25, -0.2) is 8.78 Å². The van der Waals surface area contributed by atoms with Crippen LogP contribution in [0.1, 0.15) is 16.9 Å². The van der Waals surface area contributed by atoms with Gasteiger partial charge in [0.2, 0.25) is 0 Å². The van der Waals surface area contributed by atoms with Crippen LogP contribution in [0.25, 0.3) is 0 Å². The third-order valence-corrected chi connectivity index (χ3v) is 4.03. The predicted molar refractivity (Wildman–Crippen MR) is 88.2 cm³/mol. The van der Waals surface area contributed by atoms with Gasteiger partial charge in [-0.3, -0.25) is 9.78 Å². The molecule has 3 rings (SSSR count). The lowest BCUT2D eigenvalue weighted by molar-refractivity contribution is 0.0958. The number of anilines is 2. The van der Waals surface area contributed by atoms with E-state index in [0.29, 0.717) is 24.5 Å². The number of carbonyl (C=O) groups excluding carboxylic acids is 1. The molecule has 0 aliphatic carbocycles. The Morgan fingerprint density at radius 3 is 2.88 bits per heavy atom. The second-order valence-corrected chi connectivity index (χ2v) is 5.68. The Labute approximate surface area is 138 Å². The van der Waals surface area contributed by atoms with Gasteiger partial charge in [-0.2, -0.15) is 0 Å². The maximum Gasteiger partial charge on any atom is 0.269 e. The van der Waals surface area contributed by atoms with E-state index in [1.54, 1.807) is 25.4 Å². The molecule has 1 aliphatic heterocycles. The first-order chi connectivity index (χ1) is 11.6. The summed E-state index contributed by atoms with van der Waals surface area (Å²) in [5.41, 5.74) is 1.53. The van der Waals surface area contributed by atoms with Gasteiger partial charge in [0.1, 0.15) is 17.3 Å². The maximum absolute atomic E-state index is 13.9. The van der Waals surface area contributed by atoms with Crippen LogP contribution in [0.2, 0.25) is 0 Å². The molecule has 5 nitrogen and oxygen atoms in total. The Hall–Kier alpha value is -2.70. The van der Waals surface area contributed by atoms with Gasteiger partial charge in [-0.1, -0.05) is 0 Å². The van der Waals surface area contributed by atoms with E-state index < -0.39 is 11.6 Å². The number of hydrogen-bond donors (Lipinski definition) is 2. The van der Waals surface area contributed by atoms with E-state index in [0.717, 1.165) is 18.2 Å². The molecule has 0 bridgehead atoms. The first-order valence-electron chi connectivity index (χ1n) is 7.71. The van der Waals surface area contributed by atoms with E-state index >= 15 is 0 Å². The van der Waals surface area contributed by atoms with Crippen LogP contribution in [-0.4, -0.2) is 37.1 Å². The number of halogens is 2. The van der Waals surface area contributed by atoms with E-state index in [9.17, 15) is 13.6 Å². The summed E-state index contributed by atoms with van der Waals surface area (Å²) >= 11 is 0. The summed E-state index contributed by atoms with van der Waals surface area (Å²) in [6.45, 7) is 1.27. The van der Waals surface area contributed by atoms with Crippen molar-refractivity contribution in [3.63, 3.8) is 0 Å². The lowest BCUT2D eigenvalue weighted by Crippen LogP contribution is -2.27. The highest BCUT2D eigenvalue weighted by Gasteiger charge is 2.24. The lowest BCUT2D eigenvalue weighted by Gasteiger charge is -2.20. The summed E-state index contributed by atoms with van der Waals surface area (Å²) in [7, 11) is 1.55. The number of carbonyl (C=O) groups is 1. The number of aromatic nitrogens is 1. The summed E-state index contributed by atoms with van der Waals surface area (Å²) < 4.78 is 26.9. The first-order valence-corrected chi connectivity index (χ1v) is 7.71. The number of nitrogens with one attached hydrogen (secondary N) is 2. The molecule has 2 heterocycles. The topological polar surface area (TPSA) is 57.3 Å². The van der Waals surface area contributed by atoms with Gasteiger partial charge in [0.15, 0.2) is 0 Å². The average molecular weight is 332 g/mol. The van der Waals surface area contributed by atoms with Crippen molar-refractivity contribution in [2.45, 2.75) is 12.5 Å². The van der Waals surface area contributed by atoms with Crippen molar-refractivity contribution >= 4 is 17.3 Å². The van der Waals surface area contributed by atoms with Crippen molar-refractivity contribution in [1.29, 1.82) is 0 Å². The number of benzene rings is 1. The van der Waals surface area contributed by atoms with Crippen LogP contribution in [0.15, 0.2) is 36.5 Å². The van der Waals surface area contributed by atoms with Crippen molar-refractivity contribution in [3.8, 4) is 0 Å². The molecule has 0 saturated carbocycles. The summed E-state index contributed by atoms with van der Waals surface area (Å²) in [4.78, 5) is 17.5.